The lowest BCUT2D eigenvalue weighted by Crippen LogP contribution is -2.37. The topological polar surface area (TPSA) is 54.0 Å². The third-order valence-corrected chi connectivity index (χ3v) is 6.51. The molecule has 158 valence electrons. The summed E-state index contributed by atoms with van der Waals surface area (Å²) in [5.41, 5.74) is 4.67. The Morgan fingerprint density at radius 1 is 1.03 bits per heavy atom. The number of carbonyl (C=O) groups excluding carboxylic acids is 1. The van der Waals surface area contributed by atoms with E-state index in [2.05, 4.69) is 40.4 Å². The third-order valence-electron chi connectivity index (χ3n) is 6.51. The number of nitrogens with one attached hydrogen (secondary N) is 1. The number of ether oxygens (including phenoxy) is 2. The Balaban J connectivity index is 1.34. The molecule has 0 aromatic heterocycles. The van der Waals surface area contributed by atoms with Crippen molar-refractivity contribution in [2.75, 3.05) is 44.9 Å². The van der Waals surface area contributed by atoms with E-state index < -0.39 is 0 Å². The first-order valence-electron chi connectivity index (χ1n) is 10.9. The molecule has 2 aromatic carbocycles. The fourth-order valence-electron chi connectivity index (χ4n) is 4.85. The molecule has 1 amide bonds. The number of nitrogens with zero attached hydrogens (tertiary/aromatic N) is 2. The van der Waals surface area contributed by atoms with Crippen molar-refractivity contribution in [1.29, 1.82) is 0 Å². The first-order chi connectivity index (χ1) is 14.7. The summed E-state index contributed by atoms with van der Waals surface area (Å²) in [4.78, 5) is 17.7. The van der Waals surface area contributed by atoms with Gasteiger partial charge in [0.2, 0.25) is 6.79 Å². The number of likely N-dealkylation sites (tertiary alicyclic amines) is 1. The summed E-state index contributed by atoms with van der Waals surface area (Å²) in [5, 5.41) is 3.17. The van der Waals surface area contributed by atoms with Crippen LogP contribution in [0, 0.1) is 0 Å². The molecule has 0 spiro atoms. The van der Waals surface area contributed by atoms with Gasteiger partial charge < -0.3 is 19.7 Å². The number of aryl methyl sites for hydroxylation is 1. The van der Waals surface area contributed by atoms with E-state index in [1.807, 2.05) is 0 Å². The van der Waals surface area contributed by atoms with E-state index in [-0.39, 0.29) is 18.7 Å². The zero-order chi connectivity index (χ0) is 20.5. The highest BCUT2D eigenvalue weighted by molar-refractivity contribution is 5.95. The number of anilines is 1. The van der Waals surface area contributed by atoms with Crippen LogP contribution >= 0.6 is 0 Å². The fourth-order valence-corrected chi connectivity index (χ4v) is 4.85. The minimum atomic E-state index is -0.0739. The van der Waals surface area contributed by atoms with E-state index in [0.717, 1.165) is 26.1 Å². The van der Waals surface area contributed by atoms with Crippen LogP contribution in [0.5, 0.6) is 11.5 Å². The summed E-state index contributed by atoms with van der Waals surface area (Å²) in [6, 6.07) is 12.4. The van der Waals surface area contributed by atoms with E-state index >= 15 is 0 Å². The molecule has 3 heterocycles. The number of benzene rings is 2. The maximum absolute atomic E-state index is 12.8. The molecule has 2 aromatic rings. The van der Waals surface area contributed by atoms with Gasteiger partial charge in [-0.1, -0.05) is 12.1 Å². The number of hydrogen-bond acceptors (Lipinski definition) is 5. The van der Waals surface area contributed by atoms with Crippen molar-refractivity contribution >= 4 is 11.6 Å². The summed E-state index contributed by atoms with van der Waals surface area (Å²) in [7, 11) is 2.17. The molecule has 6 nitrogen and oxygen atoms in total. The van der Waals surface area contributed by atoms with Gasteiger partial charge in [-0.05, 0) is 74.2 Å². The number of amides is 1. The summed E-state index contributed by atoms with van der Waals surface area (Å²) in [5.74, 6) is 1.26. The van der Waals surface area contributed by atoms with Crippen LogP contribution in [-0.2, 0) is 6.42 Å². The van der Waals surface area contributed by atoms with E-state index in [4.69, 9.17) is 9.47 Å². The molecule has 1 N–H and O–H groups in total. The third kappa shape index (κ3) is 3.72. The summed E-state index contributed by atoms with van der Waals surface area (Å²) < 4.78 is 10.8. The maximum atomic E-state index is 12.8. The normalized spacial score (nSPS) is 18.9. The molecule has 0 bridgehead atoms. The molecule has 0 radical (unpaired) electrons. The largest absolute Gasteiger partial charge is 0.454 e. The number of fused-ring (bicyclic) bond motifs is 2. The second-order valence-corrected chi connectivity index (χ2v) is 8.45. The Labute approximate surface area is 177 Å². The number of hydrogen-bond donors (Lipinski definition) is 1. The van der Waals surface area contributed by atoms with Crippen molar-refractivity contribution in [2.45, 2.75) is 31.7 Å². The minimum Gasteiger partial charge on any atom is -0.454 e. The van der Waals surface area contributed by atoms with Crippen LogP contribution in [0.3, 0.4) is 0 Å². The van der Waals surface area contributed by atoms with Crippen molar-refractivity contribution in [2.24, 2.45) is 0 Å². The zero-order valence-corrected chi connectivity index (χ0v) is 17.5. The van der Waals surface area contributed by atoms with Crippen LogP contribution in [0.4, 0.5) is 5.69 Å². The molecule has 1 fully saturated rings. The van der Waals surface area contributed by atoms with Crippen LogP contribution in [0.25, 0.3) is 0 Å². The minimum absolute atomic E-state index is 0.0739. The molecule has 5 rings (SSSR count). The SMILES string of the molecule is CN1CCCc2cc(C(CNC(=O)c3ccc4c(c3)OCO4)N3CCCC3)ccc21. The highest BCUT2D eigenvalue weighted by Gasteiger charge is 2.26. The predicted molar refractivity (Wildman–Crippen MR) is 116 cm³/mol. The standard InChI is InChI=1S/C24H29N3O3/c1-26-10-4-5-17-13-18(6-8-20(17)26)21(27-11-2-3-12-27)15-25-24(28)19-7-9-22-23(14-19)30-16-29-22/h6-9,13-14,21H,2-5,10-12,15-16H2,1H3,(H,25,28). The van der Waals surface area contributed by atoms with Crippen LogP contribution in [-0.4, -0.2) is 50.8 Å². The second kappa shape index (κ2) is 8.19. The first-order valence-corrected chi connectivity index (χ1v) is 10.9. The zero-order valence-electron chi connectivity index (χ0n) is 17.5. The molecule has 0 aliphatic carbocycles. The smallest absolute Gasteiger partial charge is 0.251 e. The Hall–Kier alpha value is -2.73. The quantitative estimate of drug-likeness (QED) is 0.824. The summed E-state index contributed by atoms with van der Waals surface area (Å²) in [6.07, 6.45) is 4.77. The van der Waals surface area contributed by atoms with E-state index in [9.17, 15) is 4.79 Å². The molecule has 1 atom stereocenters. The van der Waals surface area contributed by atoms with Crippen molar-refractivity contribution < 1.29 is 14.3 Å². The average molecular weight is 408 g/mol. The first kappa shape index (κ1) is 19.2. The van der Waals surface area contributed by atoms with Gasteiger partial charge in [0.25, 0.3) is 5.91 Å². The van der Waals surface area contributed by atoms with Crippen LogP contribution < -0.4 is 19.7 Å². The second-order valence-electron chi connectivity index (χ2n) is 8.45. The van der Waals surface area contributed by atoms with Crippen molar-refractivity contribution in [3.8, 4) is 11.5 Å². The lowest BCUT2D eigenvalue weighted by molar-refractivity contribution is 0.0937. The number of carbonyl (C=O) groups is 1. The van der Waals surface area contributed by atoms with Gasteiger partial charge in [0, 0.05) is 31.4 Å². The Morgan fingerprint density at radius 3 is 2.73 bits per heavy atom. The number of rotatable bonds is 5. The molecular formula is C24H29N3O3. The summed E-state index contributed by atoms with van der Waals surface area (Å²) >= 11 is 0. The highest BCUT2D eigenvalue weighted by Crippen LogP contribution is 2.33. The molecule has 3 aliphatic heterocycles. The lowest BCUT2D eigenvalue weighted by Gasteiger charge is -2.32. The van der Waals surface area contributed by atoms with Gasteiger partial charge in [-0.25, -0.2) is 0 Å². The Kier molecular flexibility index (Phi) is 5.25. The van der Waals surface area contributed by atoms with E-state index in [1.165, 1.54) is 36.1 Å². The summed E-state index contributed by atoms with van der Waals surface area (Å²) in [6.45, 7) is 4.10. The molecule has 30 heavy (non-hydrogen) atoms. The lowest BCUT2D eigenvalue weighted by atomic mass is 9.96. The van der Waals surface area contributed by atoms with Crippen LogP contribution in [0.15, 0.2) is 36.4 Å². The molecule has 1 unspecified atom stereocenters. The Morgan fingerprint density at radius 2 is 1.87 bits per heavy atom. The van der Waals surface area contributed by atoms with Crippen molar-refractivity contribution in [1.82, 2.24) is 10.2 Å². The van der Waals surface area contributed by atoms with Crippen molar-refractivity contribution in [3.05, 3.63) is 53.1 Å². The van der Waals surface area contributed by atoms with E-state index in [1.54, 1.807) is 18.2 Å². The average Bonchev–Trinajstić information content (AvgIpc) is 3.45. The predicted octanol–water partition coefficient (Wildman–Crippen LogP) is 3.36. The monoisotopic (exact) mass is 407 g/mol. The van der Waals surface area contributed by atoms with Crippen LogP contribution in [0.1, 0.15) is 46.8 Å². The molecule has 6 heteroatoms. The van der Waals surface area contributed by atoms with Gasteiger partial charge in [-0.2, -0.15) is 0 Å². The maximum Gasteiger partial charge on any atom is 0.251 e. The fraction of sp³-hybridized carbons (Fsp3) is 0.458. The van der Waals surface area contributed by atoms with Gasteiger partial charge in [0.15, 0.2) is 11.5 Å². The highest BCUT2D eigenvalue weighted by atomic mass is 16.7. The molecule has 3 aliphatic rings. The van der Waals surface area contributed by atoms with Gasteiger partial charge in [0.1, 0.15) is 0 Å². The van der Waals surface area contributed by atoms with Gasteiger partial charge in [-0.3, -0.25) is 9.69 Å². The van der Waals surface area contributed by atoms with E-state index in [0.29, 0.717) is 23.6 Å². The van der Waals surface area contributed by atoms with Gasteiger partial charge in [-0.15, -0.1) is 0 Å². The van der Waals surface area contributed by atoms with Gasteiger partial charge in [0.05, 0.1) is 6.04 Å². The Bertz CT molecular complexity index is 939. The van der Waals surface area contributed by atoms with Crippen LogP contribution in [0.2, 0.25) is 0 Å². The van der Waals surface area contributed by atoms with Crippen molar-refractivity contribution in [3.63, 3.8) is 0 Å². The molecule has 1 saturated heterocycles. The van der Waals surface area contributed by atoms with Gasteiger partial charge >= 0.3 is 0 Å². The molecule has 0 saturated carbocycles. The molecular weight excluding hydrogens is 378 g/mol.